The Kier molecular flexibility index (Phi) is 3.93. The predicted octanol–water partition coefficient (Wildman–Crippen LogP) is 2.84. The van der Waals surface area contributed by atoms with Crippen molar-refractivity contribution in [3.05, 3.63) is 58.7 Å². The lowest BCUT2D eigenvalue weighted by Crippen LogP contribution is -2.14. The van der Waals surface area contributed by atoms with Crippen molar-refractivity contribution < 1.29 is 14.7 Å². The van der Waals surface area contributed by atoms with E-state index in [9.17, 15) is 9.59 Å². The number of carbonyl (C=O) groups excluding carboxylic acids is 1. The van der Waals surface area contributed by atoms with E-state index in [1.165, 1.54) is 6.07 Å². The number of hydrogen-bond acceptors (Lipinski definition) is 3. The normalized spacial score (nSPS) is 10.2. The maximum absolute atomic E-state index is 12.2. The molecule has 0 radical (unpaired) electrons. The molecule has 2 aromatic carbocycles. The van der Waals surface area contributed by atoms with Crippen molar-refractivity contribution in [3.63, 3.8) is 0 Å². The number of carboxylic acids is 1. The number of carbonyl (C=O) groups is 2. The highest BCUT2D eigenvalue weighted by Gasteiger charge is 2.12. The lowest BCUT2D eigenvalue weighted by atomic mass is 10.1. The first-order valence-corrected chi connectivity index (χ1v) is 6.40. The first kappa shape index (κ1) is 14.6. The number of benzene rings is 2. The lowest BCUT2D eigenvalue weighted by Gasteiger charge is -2.10. The van der Waals surface area contributed by atoms with Gasteiger partial charge >= 0.3 is 5.97 Å². The molecular formula is C16H16N2O3. The highest BCUT2D eigenvalue weighted by molar-refractivity contribution is 6.08. The molecule has 5 nitrogen and oxygen atoms in total. The Balaban J connectivity index is 2.26. The zero-order valence-electron chi connectivity index (χ0n) is 11.8. The van der Waals surface area contributed by atoms with E-state index in [2.05, 4.69) is 5.32 Å². The van der Waals surface area contributed by atoms with Crippen LogP contribution in [0.2, 0.25) is 0 Å². The molecule has 0 saturated carbocycles. The first-order chi connectivity index (χ1) is 9.88. The summed E-state index contributed by atoms with van der Waals surface area (Å²) in [7, 11) is 0. The summed E-state index contributed by atoms with van der Waals surface area (Å²) in [6.07, 6.45) is 0. The number of amides is 1. The molecule has 5 heteroatoms. The van der Waals surface area contributed by atoms with Crippen LogP contribution in [0.5, 0.6) is 0 Å². The standard InChI is InChI=1S/C16H16N2O3/c1-9-3-6-14(17)13(7-9)15(19)18-11-4-5-12(16(20)21)10(2)8-11/h3-8H,17H2,1-2H3,(H,18,19)(H,20,21). The molecule has 0 bridgehead atoms. The first-order valence-electron chi connectivity index (χ1n) is 6.40. The van der Waals surface area contributed by atoms with Gasteiger partial charge in [0, 0.05) is 11.4 Å². The molecule has 0 aliphatic carbocycles. The van der Waals surface area contributed by atoms with Crippen LogP contribution in [0.15, 0.2) is 36.4 Å². The van der Waals surface area contributed by atoms with Crippen LogP contribution in [-0.4, -0.2) is 17.0 Å². The summed E-state index contributed by atoms with van der Waals surface area (Å²) in [5.41, 5.74) is 8.86. The Morgan fingerprint density at radius 3 is 2.38 bits per heavy atom. The van der Waals surface area contributed by atoms with Crippen LogP contribution in [0.3, 0.4) is 0 Å². The smallest absolute Gasteiger partial charge is 0.335 e. The summed E-state index contributed by atoms with van der Waals surface area (Å²) in [4.78, 5) is 23.2. The Hall–Kier alpha value is -2.82. The van der Waals surface area contributed by atoms with E-state index in [1.807, 2.05) is 13.0 Å². The number of nitrogens with one attached hydrogen (secondary N) is 1. The molecule has 0 atom stereocenters. The van der Waals surface area contributed by atoms with E-state index in [4.69, 9.17) is 10.8 Å². The minimum atomic E-state index is -0.992. The van der Waals surface area contributed by atoms with Crippen molar-refractivity contribution in [1.82, 2.24) is 0 Å². The summed E-state index contributed by atoms with van der Waals surface area (Å²) >= 11 is 0. The van der Waals surface area contributed by atoms with Crippen LogP contribution in [0.25, 0.3) is 0 Å². The largest absolute Gasteiger partial charge is 0.478 e. The topological polar surface area (TPSA) is 92.4 Å². The molecule has 0 aliphatic rings. The minimum absolute atomic E-state index is 0.211. The van der Waals surface area contributed by atoms with Crippen LogP contribution in [0.1, 0.15) is 31.8 Å². The molecule has 108 valence electrons. The molecule has 2 rings (SSSR count). The Morgan fingerprint density at radius 1 is 1.05 bits per heavy atom. The van der Waals surface area contributed by atoms with Crippen molar-refractivity contribution >= 4 is 23.3 Å². The van der Waals surface area contributed by atoms with Gasteiger partial charge in [0.25, 0.3) is 5.91 Å². The van der Waals surface area contributed by atoms with Gasteiger partial charge in [-0.05, 0) is 49.7 Å². The molecule has 0 heterocycles. The Morgan fingerprint density at radius 2 is 1.76 bits per heavy atom. The summed E-state index contributed by atoms with van der Waals surface area (Å²) in [6, 6.07) is 9.87. The number of aromatic carboxylic acids is 1. The fourth-order valence-electron chi connectivity index (χ4n) is 2.05. The summed E-state index contributed by atoms with van der Waals surface area (Å²) in [5, 5.41) is 11.7. The van der Waals surface area contributed by atoms with Gasteiger partial charge in [-0.2, -0.15) is 0 Å². The minimum Gasteiger partial charge on any atom is -0.478 e. The second kappa shape index (κ2) is 5.66. The number of carboxylic acid groups (broad SMARTS) is 1. The molecule has 4 N–H and O–H groups in total. The van der Waals surface area contributed by atoms with Gasteiger partial charge < -0.3 is 16.2 Å². The molecule has 0 unspecified atom stereocenters. The third-order valence-electron chi connectivity index (χ3n) is 3.17. The van der Waals surface area contributed by atoms with Gasteiger partial charge in [0.2, 0.25) is 0 Å². The molecule has 0 aromatic heterocycles. The number of nitrogens with two attached hydrogens (primary N) is 1. The second-order valence-corrected chi connectivity index (χ2v) is 4.88. The molecule has 0 fully saturated rings. The average molecular weight is 284 g/mol. The molecule has 0 aliphatic heterocycles. The Bertz CT molecular complexity index is 723. The van der Waals surface area contributed by atoms with Gasteiger partial charge in [-0.1, -0.05) is 11.6 Å². The maximum atomic E-state index is 12.2. The van der Waals surface area contributed by atoms with E-state index < -0.39 is 5.97 Å². The fourth-order valence-corrected chi connectivity index (χ4v) is 2.05. The third kappa shape index (κ3) is 3.20. The molecule has 2 aromatic rings. The SMILES string of the molecule is Cc1ccc(N)c(C(=O)Nc2ccc(C(=O)O)c(C)c2)c1. The van der Waals surface area contributed by atoms with Crippen LogP contribution in [0.4, 0.5) is 11.4 Å². The number of nitrogen functional groups attached to an aromatic ring is 1. The average Bonchev–Trinajstić information content (AvgIpc) is 2.41. The summed E-state index contributed by atoms with van der Waals surface area (Å²) < 4.78 is 0. The van der Waals surface area contributed by atoms with Crippen LogP contribution >= 0.6 is 0 Å². The van der Waals surface area contributed by atoms with Crippen molar-refractivity contribution in [1.29, 1.82) is 0 Å². The third-order valence-corrected chi connectivity index (χ3v) is 3.17. The highest BCUT2D eigenvalue weighted by Crippen LogP contribution is 2.19. The monoisotopic (exact) mass is 284 g/mol. The van der Waals surface area contributed by atoms with Crippen LogP contribution < -0.4 is 11.1 Å². The van der Waals surface area contributed by atoms with Gasteiger partial charge in [-0.25, -0.2) is 4.79 Å². The van der Waals surface area contributed by atoms with Crippen molar-refractivity contribution in [2.45, 2.75) is 13.8 Å². The van der Waals surface area contributed by atoms with Gasteiger partial charge in [-0.15, -0.1) is 0 Å². The highest BCUT2D eigenvalue weighted by atomic mass is 16.4. The van der Waals surface area contributed by atoms with Crippen molar-refractivity contribution in [2.24, 2.45) is 0 Å². The van der Waals surface area contributed by atoms with Crippen LogP contribution in [-0.2, 0) is 0 Å². The van der Waals surface area contributed by atoms with Crippen molar-refractivity contribution in [2.75, 3.05) is 11.1 Å². The molecule has 21 heavy (non-hydrogen) atoms. The second-order valence-electron chi connectivity index (χ2n) is 4.88. The molecule has 0 saturated heterocycles. The zero-order valence-corrected chi connectivity index (χ0v) is 11.8. The van der Waals surface area contributed by atoms with E-state index in [0.717, 1.165) is 5.56 Å². The van der Waals surface area contributed by atoms with Gasteiger partial charge in [0.15, 0.2) is 0 Å². The van der Waals surface area contributed by atoms with E-state index >= 15 is 0 Å². The van der Waals surface area contributed by atoms with E-state index in [-0.39, 0.29) is 11.5 Å². The van der Waals surface area contributed by atoms with E-state index in [1.54, 1.807) is 31.2 Å². The quantitative estimate of drug-likeness (QED) is 0.756. The molecule has 1 amide bonds. The number of aryl methyl sites for hydroxylation is 2. The van der Waals surface area contributed by atoms with Gasteiger partial charge in [0.1, 0.15) is 0 Å². The zero-order chi connectivity index (χ0) is 15.6. The fraction of sp³-hybridized carbons (Fsp3) is 0.125. The number of hydrogen-bond donors (Lipinski definition) is 3. The van der Waals surface area contributed by atoms with E-state index in [0.29, 0.717) is 22.5 Å². The summed E-state index contributed by atoms with van der Waals surface area (Å²) in [6.45, 7) is 3.56. The van der Waals surface area contributed by atoms with Crippen LogP contribution in [0, 0.1) is 13.8 Å². The lowest BCUT2D eigenvalue weighted by molar-refractivity contribution is 0.0696. The maximum Gasteiger partial charge on any atom is 0.335 e. The predicted molar refractivity (Wildman–Crippen MR) is 81.7 cm³/mol. The Labute approximate surface area is 122 Å². The van der Waals surface area contributed by atoms with Crippen molar-refractivity contribution in [3.8, 4) is 0 Å². The number of rotatable bonds is 3. The summed E-state index contributed by atoms with van der Waals surface area (Å²) in [5.74, 6) is -1.31. The molecular weight excluding hydrogens is 268 g/mol. The number of anilines is 2. The van der Waals surface area contributed by atoms with Gasteiger partial charge in [-0.3, -0.25) is 4.79 Å². The van der Waals surface area contributed by atoms with Gasteiger partial charge in [0.05, 0.1) is 11.1 Å². The molecule has 0 spiro atoms.